The Balaban J connectivity index is 0.000000411. The Kier molecular flexibility index (Phi) is 6.60. The van der Waals surface area contributed by atoms with Crippen molar-refractivity contribution >= 4 is 7.81 Å². The van der Waals surface area contributed by atoms with E-state index in [4.69, 9.17) is 0 Å². The van der Waals surface area contributed by atoms with Gasteiger partial charge in [0.15, 0.2) is 7.14 Å². The van der Waals surface area contributed by atoms with E-state index in [1.165, 1.54) is 51.6 Å². The van der Waals surface area contributed by atoms with Crippen LogP contribution >= 0.6 is 7.81 Å². The monoisotopic (exact) mass is 686 g/mol. The van der Waals surface area contributed by atoms with Gasteiger partial charge in [-0.15, -0.1) is 0 Å². The summed E-state index contributed by atoms with van der Waals surface area (Å²) in [5, 5.41) is 0. The second-order valence-electron chi connectivity index (χ2n) is 11.9. The van der Waals surface area contributed by atoms with Gasteiger partial charge < -0.3 is 0 Å². The van der Waals surface area contributed by atoms with E-state index in [0.717, 1.165) is 12.8 Å². The topological polar surface area (TPSA) is 0 Å². The number of rotatable bonds is 4. The molecule has 0 radical (unpaired) electrons. The van der Waals surface area contributed by atoms with Crippen LogP contribution in [0.1, 0.15) is 49.9 Å². The third-order valence-electron chi connectivity index (χ3n) is 7.57. The molecule has 0 nitrogen and oxygen atoms in total. The molecule has 0 atom stereocenters. The molecule has 2 aliphatic rings. The van der Waals surface area contributed by atoms with Crippen LogP contribution in [-0.4, -0.2) is 0 Å². The molecule has 6 rings (SSSR count). The molecule has 0 spiro atoms. The summed E-state index contributed by atoms with van der Waals surface area (Å²) >= 11 is -0.171. The Bertz CT molecular complexity index is 1470. The van der Waals surface area contributed by atoms with Gasteiger partial charge in [0, 0.05) is 0 Å². The molecule has 0 saturated heterocycles. The summed E-state index contributed by atoms with van der Waals surface area (Å²) in [5.74, 6) is 0. The van der Waals surface area contributed by atoms with Crippen molar-refractivity contribution in [1.82, 2.24) is 0 Å². The second-order valence-corrected chi connectivity index (χ2v) is 16.9. The molecule has 0 saturated carbocycles. The molecular formula is C32H30F6IP. The van der Waals surface area contributed by atoms with Gasteiger partial charge in [0.05, 0.1) is 0 Å². The zero-order chi connectivity index (χ0) is 29.2. The Hall–Kier alpha value is -2.38. The SMILES string of the molecule is CC1(C)Cc2cc1ccc2-c1ccc([I+]c2ccc(-c3ccc4cc3CC4(C)C)cc2)cc1.F[P-](F)(F)(F)(F)F. The summed E-state index contributed by atoms with van der Waals surface area (Å²) in [5.41, 5.74) is 12.0. The van der Waals surface area contributed by atoms with Crippen LogP contribution in [0.4, 0.5) is 25.2 Å². The molecule has 0 unspecified atom stereocenters. The van der Waals surface area contributed by atoms with Crippen molar-refractivity contribution in [3.8, 4) is 22.3 Å². The normalized spacial score (nSPS) is 17.9. The summed E-state index contributed by atoms with van der Waals surface area (Å²) in [6, 6.07) is 32.8. The number of hydrogen-bond acceptors (Lipinski definition) is 0. The van der Waals surface area contributed by atoms with E-state index in [1.807, 2.05) is 0 Å². The standard InChI is InChI=1S/C32H30I.F6P/c1-31(2)19-23-17-25(31)9-15-29(23)21-5-11-27(12-6-21)33-28-13-7-22(8-14-28)30-16-10-26-18-24(30)20-32(26,3)4;1-7(2,3,4,5)6/h5-18H,19-20H2,1-4H3;/q+1;-1. The molecule has 4 aromatic rings. The summed E-state index contributed by atoms with van der Waals surface area (Å²) in [6.07, 6.45) is 2.29. The van der Waals surface area contributed by atoms with Crippen molar-refractivity contribution in [1.29, 1.82) is 0 Å². The zero-order valence-electron chi connectivity index (χ0n) is 22.6. The maximum absolute atomic E-state index is 10.7. The Morgan fingerprint density at radius 1 is 0.525 bits per heavy atom. The van der Waals surface area contributed by atoms with E-state index in [-0.39, 0.29) is 32.0 Å². The number of benzene rings is 4. The van der Waals surface area contributed by atoms with E-state index in [0.29, 0.717) is 0 Å². The van der Waals surface area contributed by atoms with Crippen LogP contribution in [0.5, 0.6) is 0 Å². The first-order chi connectivity index (χ1) is 18.2. The van der Waals surface area contributed by atoms with Gasteiger partial charge in [-0.1, -0.05) is 64.1 Å². The van der Waals surface area contributed by atoms with Crippen LogP contribution in [0.2, 0.25) is 0 Å². The van der Waals surface area contributed by atoms with Crippen LogP contribution in [-0.2, 0) is 23.7 Å². The fraction of sp³-hybridized carbons (Fsp3) is 0.250. The van der Waals surface area contributed by atoms with Crippen LogP contribution in [0.15, 0.2) is 84.9 Å². The van der Waals surface area contributed by atoms with E-state index >= 15 is 0 Å². The van der Waals surface area contributed by atoms with Gasteiger partial charge in [0.1, 0.15) is 0 Å². The van der Waals surface area contributed by atoms with Crippen molar-refractivity contribution in [3.63, 3.8) is 0 Å². The van der Waals surface area contributed by atoms with Crippen LogP contribution < -0.4 is 21.2 Å². The third kappa shape index (κ3) is 7.09. The molecule has 40 heavy (non-hydrogen) atoms. The maximum atomic E-state index is 9.87. The second kappa shape index (κ2) is 9.06. The van der Waals surface area contributed by atoms with Crippen molar-refractivity contribution in [3.05, 3.63) is 114 Å². The van der Waals surface area contributed by atoms with Gasteiger partial charge >= 0.3 is 54.2 Å². The molecule has 0 aromatic heterocycles. The van der Waals surface area contributed by atoms with E-state index < -0.39 is 7.81 Å². The summed E-state index contributed by atoms with van der Waals surface area (Å²) in [6.45, 7) is 9.40. The molecule has 4 bridgehead atoms. The van der Waals surface area contributed by atoms with Crippen molar-refractivity contribution in [2.24, 2.45) is 0 Å². The molecule has 0 amide bonds. The number of fused-ring (bicyclic) bond motifs is 4. The summed E-state index contributed by atoms with van der Waals surface area (Å²) in [4.78, 5) is 0. The summed E-state index contributed by atoms with van der Waals surface area (Å²) in [7, 11) is -10.7. The van der Waals surface area contributed by atoms with Crippen LogP contribution in [0.3, 0.4) is 0 Å². The van der Waals surface area contributed by atoms with Gasteiger partial charge in [-0.05, 0) is 117 Å². The Labute approximate surface area is 241 Å². The number of hydrogen-bond donors (Lipinski definition) is 0. The van der Waals surface area contributed by atoms with Crippen LogP contribution in [0.25, 0.3) is 22.3 Å². The molecule has 0 aliphatic heterocycles. The molecule has 8 heteroatoms. The predicted octanol–water partition coefficient (Wildman–Crippen LogP) is 8.20. The molecule has 4 aromatic carbocycles. The van der Waals surface area contributed by atoms with Gasteiger partial charge in [-0.3, -0.25) is 0 Å². The summed E-state index contributed by atoms with van der Waals surface area (Å²) < 4.78 is 62.1. The van der Waals surface area contributed by atoms with Crippen molar-refractivity contribution in [2.75, 3.05) is 0 Å². The molecule has 0 fully saturated rings. The van der Waals surface area contributed by atoms with E-state index in [1.54, 1.807) is 0 Å². The predicted molar refractivity (Wildman–Crippen MR) is 148 cm³/mol. The van der Waals surface area contributed by atoms with Gasteiger partial charge in [0.2, 0.25) is 0 Å². The molecule has 2 aliphatic carbocycles. The third-order valence-corrected chi connectivity index (χ3v) is 10.3. The first-order valence-corrected chi connectivity index (χ1v) is 17.1. The van der Waals surface area contributed by atoms with Crippen molar-refractivity contribution < 1.29 is 46.4 Å². The van der Waals surface area contributed by atoms with E-state index in [2.05, 4.69) is 113 Å². The molecule has 212 valence electrons. The van der Waals surface area contributed by atoms with Gasteiger partial charge in [-0.2, -0.15) is 0 Å². The minimum absolute atomic E-state index is 0.171. The quantitative estimate of drug-likeness (QED) is 0.115. The Morgan fingerprint density at radius 2 is 0.850 bits per heavy atom. The zero-order valence-corrected chi connectivity index (χ0v) is 25.6. The molecule has 0 N–H and O–H groups in total. The first kappa shape index (κ1) is 29.1. The molecular weight excluding hydrogens is 656 g/mol. The average Bonchev–Trinajstić information content (AvgIpc) is 3.20. The van der Waals surface area contributed by atoms with E-state index in [9.17, 15) is 25.2 Å². The Morgan fingerprint density at radius 3 is 1.18 bits per heavy atom. The fourth-order valence-corrected chi connectivity index (χ4v) is 7.71. The first-order valence-electron chi connectivity index (χ1n) is 12.9. The molecule has 0 heterocycles. The van der Waals surface area contributed by atoms with Crippen LogP contribution in [0, 0.1) is 7.14 Å². The minimum atomic E-state index is -10.7. The van der Waals surface area contributed by atoms with Gasteiger partial charge in [0.25, 0.3) is 0 Å². The van der Waals surface area contributed by atoms with Crippen molar-refractivity contribution in [2.45, 2.75) is 51.4 Å². The number of halogens is 7. The average molecular weight is 686 g/mol. The van der Waals surface area contributed by atoms with Gasteiger partial charge in [-0.25, -0.2) is 0 Å². The fourth-order valence-electron chi connectivity index (χ4n) is 5.55.